The molecule has 1 aromatic heterocycles. The zero-order valence-electron chi connectivity index (χ0n) is 81.9. The summed E-state index contributed by atoms with van der Waals surface area (Å²) in [7, 11) is 0. The molecule has 42 heteroatoms. The Morgan fingerprint density at radius 2 is 0.748 bits per heavy atom. The summed E-state index contributed by atoms with van der Waals surface area (Å²) >= 11 is 0. The minimum Gasteiger partial charge on any atom is -0.368 e. The number of H-pyrrole nitrogens is 1. The molecule has 0 saturated carbocycles. The van der Waals surface area contributed by atoms with Crippen molar-refractivity contribution in [3.05, 3.63) is 120 Å². The van der Waals surface area contributed by atoms with E-state index in [1.807, 2.05) is 18.2 Å². The number of unbranched alkanes of at least 4 members (excludes halogenated alkanes) is 6. The molecule has 139 heavy (non-hydrogen) atoms. The van der Waals surface area contributed by atoms with Crippen LogP contribution in [0.25, 0.3) is 10.9 Å². The number of amides is 17. The fourth-order valence-electron chi connectivity index (χ4n) is 15.5. The second-order valence-electron chi connectivity index (χ2n) is 36.4. The molecule has 1 aliphatic heterocycles. The molecule has 1 aliphatic rings. The molecular weight excluding hydrogens is 1790 g/mol. The van der Waals surface area contributed by atoms with Gasteiger partial charge in [-0.05, 0) is 265 Å². The number of hydrogen-bond donors (Lipinski definition) is 25. The van der Waals surface area contributed by atoms with Crippen LogP contribution in [0.3, 0.4) is 0 Å². The number of fused-ring (bicyclic) bond motifs is 1. The number of hydrogen-bond acceptors (Lipinski definition) is 24. The van der Waals surface area contributed by atoms with Crippen LogP contribution in [0.4, 0.5) is 0 Å². The van der Waals surface area contributed by atoms with E-state index in [1.165, 1.54) is 55.4 Å². The number of primary amides is 1. The minimum atomic E-state index is -1.88. The van der Waals surface area contributed by atoms with Crippen LogP contribution in [0.15, 0.2) is 103 Å². The van der Waals surface area contributed by atoms with Gasteiger partial charge in [-0.1, -0.05) is 97.4 Å². The van der Waals surface area contributed by atoms with Gasteiger partial charge in [0.25, 0.3) is 0 Å². The van der Waals surface area contributed by atoms with Crippen molar-refractivity contribution >= 4 is 111 Å². The van der Waals surface area contributed by atoms with E-state index in [0.29, 0.717) is 137 Å². The van der Waals surface area contributed by atoms with Crippen molar-refractivity contribution in [1.82, 2.24) is 90.1 Å². The number of aromatic nitrogens is 1. The highest BCUT2D eigenvalue weighted by Gasteiger charge is 2.43. The fourth-order valence-corrected chi connectivity index (χ4v) is 15.5. The molecule has 0 aliphatic carbocycles. The lowest BCUT2D eigenvalue weighted by molar-refractivity contribution is -0.138. The van der Waals surface area contributed by atoms with E-state index in [9.17, 15) is 71.9 Å². The fraction of sp³-hybridized carbons (Fsp3) is 0.598. The average Bonchev–Trinajstić information content (AvgIpc) is 1.80. The van der Waals surface area contributed by atoms with E-state index in [-0.39, 0.29) is 103 Å². The molecule has 770 valence electrons. The van der Waals surface area contributed by atoms with Crippen LogP contribution < -0.4 is 131 Å². The molecule has 42 nitrogen and oxygen atoms in total. The second kappa shape index (κ2) is 61.9. The number of carbonyl (C=O) groups excluding carboxylic acids is 17. The van der Waals surface area contributed by atoms with Crippen molar-refractivity contribution in [2.45, 2.75) is 330 Å². The van der Waals surface area contributed by atoms with E-state index in [0.717, 1.165) is 0 Å². The number of aromatic amines is 1. The monoisotopic (exact) mass is 1940 g/mol. The van der Waals surface area contributed by atoms with Gasteiger partial charge in [-0.3, -0.25) is 81.5 Å². The topological polar surface area (TPSA) is 707 Å². The molecule has 0 radical (unpaired) electrons. The lowest BCUT2D eigenvalue weighted by atomic mass is 9.91. The van der Waals surface area contributed by atoms with Gasteiger partial charge in [-0.25, -0.2) is 0 Å². The van der Waals surface area contributed by atoms with Crippen LogP contribution in [-0.2, 0) is 101 Å². The molecule has 0 bridgehead atoms. The summed E-state index contributed by atoms with van der Waals surface area (Å²) in [5.41, 5.74) is 45.4. The van der Waals surface area contributed by atoms with Crippen LogP contribution >= 0.6 is 0 Å². The smallest absolute Gasteiger partial charge is 0.246 e. The molecule has 0 fully saturated rings. The molecule has 17 atom stereocenters. The normalized spacial score (nSPS) is 19.6. The molecule has 0 unspecified atom stereocenters. The quantitative estimate of drug-likeness (QED) is 0.0174. The van der Waals surface area contributed by atoms with Crippen molar-refractivity contribution in [3.63, 3.8) is 0 Å². The lowest BCUT2D eigenvalue weighted by Gasteiger charge is -2.33. The Hall–Kier alpha value is -12.4. The molecule has 2 heterocycles. The number of nitrogens with two attached hydrogens (primary N) is 8. The van der Waals surface area contributed by atoms with Gasteiger partial charge in [0.1, 0.15) is 95.7 Å². The lowest BCUT2D eigenvalue weighted by Crippen LogP contribution is -2.64. The molecular formula is C97H155N25O17. The van der Waals surface area contributed by atoms with Gasteiger partial charge in [-0.2, -0.15) is 0 Å². The summed E-state index contributed by atoms with van der Waals surface area (Å²) in [5, 5.41) is 44.3. The highest BCUT2D eigenvalue weighted by molar-refractivity contribution is 6.02. The number of para-hydroxylation sites is 1. The Kier molecular flexibility index (Phi) is 52.1. The highest BCUT2D eigenvalue weighted by Crippen LogP contribution is 2.24. The summed E-state index contributed by atoms with van der Waals surface area (Å²) in [4.78, 5) is 247. The molecule has 17 amide bonds. The van der Waals surface area contributed by atoms with Gasteiger partial charge >= 0.3 is 0 Å². The molecule has 3 aromatic carbocycles. The van der Waals surface area contributed by atoms with Crippen LogP contribution in [0.5, 0.6) is 0 Å². The van der Waals surface area contributed by atoms with E-state index < -0.39 is 202 Å². The Balaban J connectivity index is 1.40. The van der Waals surface area contributed by atoms with Crippen LogP contribution in [0, 0.1) is 0 Å². The van der Waals surface area contributed by atoms with Gasteiger partial charge < -0.3 is 136 Å². The maximum Gasteiger partial charge on any atom is 0.246 e. The zero-order valence-corrected chi connectivity index (χ0v) is 81.9. The molecule has 5 rings (SSSR count). The third kappa shape index (κ3) is 40.9. The Morgan fingerprint density at radius 1 is 0.388 bits per heavy atom. The first kappa shape index (κ1) is 117. The van der Waals surface area contributed by atoms with Crippen LogP contribution in [-0.4, -0.2) is 246 Å². The zero-order chi connectivity index (χ0) is 103. The standard InChI is InChI=1S/C97H155N25O17/c1-59(79(105)123)107-80(124)60(2)110-91(135)76(55-65-35-15-13-16-36-65)120-95(139)97(8)48-28-12-10-9-11-27-47-96(7,94(138)112-63(5)83(127)119-78(92(136)111-64(6)84(128)121-97)57-67-58-106-70-41-20-19-39-68(67)70)122-93(137)77(56-66-37-17-14-18-38-66)118-82(126)62(4)108-81(125)61(3)109-86(130)71(42-22-30-50-99)114-88(132)73(44-24-32-52-101)116-90(134)75(46-26-34-54-103)117-89(133)74(45-25-33-53-102)115-87(131)72(43-23-31-51-100)113-85(129)69(104)40-21-29-49-98/h9-10,13-20,35-39,41,58-64,69,71-78,106H,11-12,21-34,40,42-57,98-104H2,1-8H3,(H2,105,123)(H,107,124)(H,108,125)(H,109,130)(H,110,135)(H,111,136)(H,112,138)(H,113,129)(H,114,132)(H,115,131)(H,116,134)(H,117,133)(H,118,126)(H,119,127)(H,120,139)(H,121,128)(H,122,137)/b10-9-/t59-,60-,61-,62-,63-,64-,69-,71-,72-,73-,74-,75-,76-,77-,78-,96-,97-/m0/s1. The van der Waals surface area contributed by atoms with Gasteiger partial charge in [-0.15, -0.1) is 0 Å². The predicted octanol–water partition coefficient (Wildman–Crippen LogP) is -1.65. The van der Waals surface area contributed by atoms with E-state index in [1.54, 1.807) is 85.1 Å². The largest absolute Gasteiger partial charge is 0.368 e. The number of nitrogens with one attached hydrogen (secondary N) is 17. The summed E-state index contributed by atoms with van der Waals surface area (Å²) < 4.78 is 0. The minimum absolute atomic E-state index is 0.00265. The second-order valence-corrected chi connectivity index (χ2v) is 36.4. The number of rotatable bonds is 55. The molecule has 0 saturated heterocycles. The Bertz CT molecular complexity index is 4680. The summed E-state index contributed by atoms with van der Waals surface area (Å²) in [6, 6.07) is 5.03. The van der Waals surface area contributed by atoms with Crippen molar-refractivity contribution < 1.29 is 81.5 Å². The third-order valence-corrected chi connectivity index (χ3v) is 24.4. The van der Waals surface area contributed by atoms with E-state index in [2.05, 4.69) is 90.1 Å². The molecule has 0 spiro atoms. The Morgan fingerprint density at radius 3 is 1.19 bits per heavy atom. The van der Waals surface area contributed by atoms with Gasteiger partial charge in [0.2, 0.25) is 100 Å². The Labute approximate surface area is 814 Å². The van der Waals surface area contributed by atoms with Crippen LogP contribution in [0.2, 0.25) is 0 Å². The van der Waals surface area contributed by atoms with Crippen LogP contribution in [0.1, 0.15) is 226 Å². The summed E-state index contributed by atoms with van der Waals surface area (Å²) in [6.07, 6.45) is 11.8. The van der Waals surface area contributed by atoms with Crippen molar-refractivity contribution in [2.24, 2.45) is 45.9 Å². The van der Waals surface area contributed by atoms with Gasteiger partial charge in [0.05, 0.1) is 6.04 Å². The van der Waals surface area contributed by atoms with Gasteiger partial charge in [0, 0.05) is 36.4 Å². The maximum absolute atomic E-state index is 15.2. The van der Waals surface area contributed by atoms with E-state index >= 15 is 9.59 Å². The predicted molar refractivity (Wildman–Crippen MR) is 528 cm³/mol. The number of benzene rings is 3. The first-order valence-corrected chi connectivity index (χ1v) is 48.7. The summed E-state index contributed by atoms with van der Waals surface area (Å²) in [5.74, 6) is -13.5. The maximum atomic E-state index is 15.2. The first-order chi connectivity index (χ1) is 66.2. The van der Waals surface area contributed by atoms with Crippen molar-refractivity contribution in [1.29, 1.82) is 0 Å². The SMILES string of the molecule is C[C@H](NC(=O)[C@H](C)NC(=O)[C@H](Cc1ccccc1)NC(=O)[C@]1(C)CCC/C=C\CCC[C@](C)(NC(=O)[C@H](Cc2ccccc2)NC(=O)[C@H](C)NC(=O)[C@H](C)NC(=O)[C@H](CCCCN)NC(=O)[C@H](CCCCN)NC(=O)[C@H](CCCCN)NC(=O)[C@H](CCCCN)NC(=O)[C@H](CCCCN)NC(=O)[C@@H](N)CCCCN)C(=O)N[C@@H](C)C(=O)N[C@@H](Cc2c[nH]c3ccccc23)C(=O)N[C@@H](C)C(=O)N1)C(N)=O. The third-order valence-electron chi connectivity index (χ3n) is 24.4. The van der Waals surface area contributed by atoms with Gasteiger partial charge in [0.15, 0.2) is 0 Å². The molecule has 33 N–H and O–H groups in total. The summed E-state index contributed by atoms with van der Waals surface area (Å²) in [6.45, 7) is 12.8. The van der Waals surface area contributed by atoms with Crippen molar-refractivity contribution in [3.8, 4) is 0 Å². The van der Waals surface area contributed by atoms with E-state index in [4.69, 9.17) is 45.9 Å². The number of allylic oxidation sites excluding steroid dienone is 2. The first-order valence-electron chi connectivity index (χ1n) is 48.7. The molecule has 4 aromatic rings. The average molecular weight is 1940 g/mol. The van der Waals surface area contributed by atoms with Crippen molar-refractivity contribution in [2.75, 3.05) is 39.3 Å². The number of carbonyl (C=O) groups is 17. The highest BCUT2D eigenvalue weighted by atomic mass is 16.2.